The molecule has 9 nitrogen and oxygen atoms in total. The number of aliphatic hydroxyl groups is 2. The normalized spacial score (nSPS) is 25.4. The number of aromatic nitrogens is 2. The second-order valence-electron chi connectivity index (χ2n) is 14.1. The van der Waals surface area contributed by atoms with Crippen LogP contribution in [0.4, 0.5) is 0 Å². The maximum absolute atomic E-state index is 9.85. The minimum absolute atomic E-state index is 0.000125. The molecule has 1 aromatic heterocycles. The summed E-state index contributed by atoms with van der Waals surface area (Å²) < 4.78 is 20.8. The molecular formula is C42H53N3O6S. The van der Waals surface area contributed by atoms with Crippen molar-refractivity contribution in [3.05, 3.63) is 102 Å². The van der Waals surface area contributed by atoms with Crippen molar-refractivity contribution >= 4 is 17.5 Å². The summed E-state index contributed by atoms with van der Waals surface area (Å²) in [4.78, 5) is 14.3. The molecule has 2 N–H and O–H groups in total. The maximum atomic E-state index is 9.85. The van der Waals surface area contributed by atoms with Crippen LogP contribution in [0.25, 0.3) is 0 Å². The van der Waals surface area contributed by atoms with E-state index in [1.54, 1.807) is 25.6 Å². The zero-order valence-electron chi connectivity index (χ0n) is 30.7. The van der Waals surface area contributed by atoms with Crippen molar-refractivity contribution in [2.24, 2.45) is 22.9 Å². The van der Waals surface area contributed by atoms with Crippen molar-refractivity contribution in [1.29, 1.82) is 0 Å². The monoisotopic (exact) mass is 727 g/mol. The molecule has 3 aliphatic rings. The van der Waals surface area contributed by atoms with E-state index in [0.29, 0.717) is 13.0 Å². The molecule has 278 valence electrons. The summed E-state index contributed by atoms with van der Waals surface area (Å²) in [5, 5.41) is 24.2. The van der Waals surface area contributed by atoms with Crippen LogP contribution in [0, 0.1) is 31.6 Å². The largest absolute Gasteiger partial charge is 0.460 e. The molecular weight excluding hydrogens is 675 g/mol. The number of unbranched alkanes of at least 4 members (excludes halogenated alkanes) is 2. The molecule has 1 fully saturated rings. The van der Waals surface area contributed by atoms with Gasteiger partial charge in [-0.2, -0.15) is 11.8 Å². The Morgan fingerprint density at radius 2 is 1.81 bits per heavy atom. The first kappa shape index (κ1) is 38.0. The second kappa shape index (κ2) is 17.9. The highest BCUT2D eigenvalue weighted by molar-refractivity contribution is 8.00. The number of ether oxygens (including phenoxy) is 3. The van der Waals surface area contributed by atoms with Gasteiger partial charge >= 0.3 is 0 Å². The number of aryl methyl sites for hydroxylation is 3. The average Bonchev–Trinajstić information content (AvgIpc) is 3.15. The molecule has 52 heavy (non-hydrogen) atoms. The molecule has 1 aliphatic heterocycles. The molecule has 0 saturated heterocycles. The Labute approximate surface area is 312 Å². The van der Waals surface area contributed by atoms with Crippen molar-refractivity contribution in [1.82, 2.24) is 9.97 Å². The highest BCUT2D eigenvalue weighted by Gasteiger charge is 2.63. The highest BCUT2D eigenvalue weighted by atomic mass is 32.2. The van der Waals surface area contributed by atoms with Crippen LogP contribution in [0.5, 0.6) is 17.2 Å². The molecule has 2 heterocycles. The molecule has 0 spiro atoms. The van der Waals surface area contributed by atoms with Gasteiger partial charge in [0.05, 0.1) is 29.2 Å². The number of thioether (sulfide) groups is 1. The smallest absolute Gasteiger partial charge is 0.230 e. The quantitative estimate of drug-likeness (QED) is 0.0762. The van der Waals surface area contributed by atoms with Gasteiger partial charge in [-0.1, -0.05) is 36.2 Å². The molecule has 3 aromatic rings. The van der Waals surface area contributed by atoms with Gasteiger partial charge in [0.1, 0.15) is 24.4 Å². The predicted molar refractivity (Wildman–Crippen MR) is 206 cm³/mol. The van der Waals surface area contributed by atoms with Gasteiger partial charge in [-0.3, -0.25) is 9.97 Å². The number of benzene rings is 2. The molecule has 6 unspecified atom stereocenters. The first-order chi connectivity index (χ1) is 25.4. The van der Waals surface area contributed by atoms with E-state index in [-0.39, 0.29) is 42.1 Å². The summed E-state index contributed by atoms with van der Waals surface area (Å²) in [7, 11) is 1.61. The maximum Gasteiger partial charge on any atom is 0.230 e. The SMILES string of the molecule is C=CCOC12Oc3ccc(Oc4ccc(C)c(C)c4)cc3C3C(CCCCO)C(CCCCO)C=C(C(=NOC)CC1SCCc1cnccn1)C32. The number of rotatable bonds is 18. The van der Waals surface area contributed by atoms with E-state index < -0.39 is 5.79 Å². The number of aliphatic hydroxyl groups excluding tert-OH is 2. The molecule has 0 bridgehead atoms. The number of fused-ring (bicyclic) bond motifs is 2. The molecule has 0 amide bonds. The van der Waals surface area contributed by atoms with Crippen LogP contribution in [0.3, 0.4) is 0 Å². The fraction of sp³-hybridized carbons (Fsp3) is 0.500. The average molecular weight is 728 g/mol. The van der Waals surface area contributed by atoms with Gasteiger partial charge in [-0.15, -0.1) is 6.58 Å². The standard InChI is InChI=1S/C42H53N3O6S/c1-5-21-49-42-39(52-22-16-31-27-43-17-18-44-31)26-37(45-48-4)35-24-30(10-6-8-19-46)34(11-7-9-20-47)40(41(35)42)36-25-33(14-15-38(36)51-42)50-32-13-12-28(2)29(3)23-32/h5,12-15,17-18,23-25,27,30,34,39-41,46-47H,1,6-11,16,19-22,26H2,2-4H3. The molecule has 1 saturated carbocycles. The fourth-order valence-electron chi connectivity index (χ4n) is 8.33. The molecule has 10 heteroatoms. The Hall–Kier alpha value is -3.70. The molecule has 2 aromatic carbocycles. The van der Waals surface area contributed by atoms with Crippen LogP contribution in [0.15, 0.2) is 84.4 Å². The Kier molecular flexibility index (Phi) is 13.1. The summed E-state index contributed by atoms with van der Waals surface area (Å²) in [5.74, 6) is 2.37. The van der Waals surface area contributed by atoms with Crippen molar-refractivity contribution in [3.63, 3.8) is 0 Å². The second-order valence-corrected chi connectivity index (χ2v) is 15.4. The summed E-state index contributed by atoms with van der Waals surface area (Å²) in [6.45, 7) is 8.88. The number of oxime groups is 1. The third-order valence-electron chi connectivity index (χ3n) is 10.8. The van der Waals surface area contributed by atoms with Crippen LogP contribution in [-0.4, -0.2) is 69.6 Å². The van der Waals surface area contributed by atoms with Crippen molar-refractivity contribution in [3.8, 4) is 17.2 Å². The van der Waals surface area contributed by atoms with E-state index in [2.05, 4.69) is 59.8 Å². The third kappa shape index (κ3) is 8.25. The van der Waals surface area contributed by atoms with E-state index in [0.717, 1.165) is 90.5 Å². The van der Waals surface area contributed by atoms with Gasteiger partial charge in [0.2, 0.25) is 5.79 Å². The lowest BCUT2D eigenvalue weighted by atomic mass is 9.56. The molecule has 0 radical (unpaired) electrons. The minimum Gasteiger partial charge on any atom is -0.460 e. The first-order valence-electron chi connectivity index (χ1n) is 18.7. The summed E-state index contributed by atoms with van der Waals surface area (Å²) >= 11 is 1.82. The fourth-order valence-corrected chi connectivity index (χ4v) is 9.71. The number of hydrogen-bond acceptors (Lipinski definition) is 10. The summed E-state index contributed by atoms with van der Waals surface area (Å²) in [6, 6.07) is 12.4. The van der Waals surface area contributed by atoms with Gasteiger partial charge in [0.15, 0.2) is 0 Å². The number of allylic oxidation sites excluding steroid dienone is 1. The molecule has 6 atom stereocenters. The zero-order valence-corrected chi connectivity index (χ0v) is 31.5. The van der Waals surface area contributed by atoms with Crippen LogP contribution in [0.2, 0.25) is 0 Å². The number of hydrogen-bond donors (Lipinski definition) is 2. The van der Waals surface area contributed by atoms with E-state index in [9.17, 15) is 10.2 Å². The Morgan fingerprint density at radius 3 is 2.54 bits per heavy atom. The van der Waals surface area contributed by atoms with Crippen molar-refractivity contribution < 1.29 is 29.3 Å². The van der Waals surface area contributed by atoms with Crippen LogP contribution < -0.4 is 9.47 Å². The Morgan fingerprint density at radius 1 is 1.02 bits per heavy atom. The number of nitrogens with zero attached hydrogens (tertiary/aromatic N) is 3. The van der Waals surface area contributed by atoms with Crippen molar-refractivity contribution in [2.45, 2.75) is 82.2 Å². The Balaban J connectivity index is 1.49. The van der Waals surface area contributed by atoms with Crippen LogP contribution in [0.1, 0.15) is 73.2 Å². The predicted octanol–water partition coefficient (Wildman–Crippen LogP) is 8.13. The van der Waals surface area contributed by atoms with E-state index in [4.69, 9.17) is 19.0 Å². The van der Waals surface area contributed by atoms with Crippen molar-refractivity contribution in [2.75, 3.05) is 32.7 Å². The molecule has 2 aliphatic carbocycles. The lowest BCUT2D eigenvalue weighted by Crippen LogP contribution is -2.64. The topological polar surface area (TPSA) is 116 Å². The summed E-state index contributed by atoms with van der Waals surface area (Å²) in [6.07, 6.45) is 16.0. The van der Waals surface area contributed by atoms with Crippen LogP contribution in [-0.2, 0) is 16.0 Å². The molecule has 6 rings (SSSR count). The van der Waals surface area contributed by atoms with E-state index in [1.165, 1.54) is 11.1 Å². The van der Waals surface area contributed by atoms with E-state index in [1.807, 2.05) is 36.2 Å². The third-order valence-corrected chi connectivity index (χ3v) is 12.2. The van der Waals surface area contributed by atoms with Gasteiger partial charge in [0.25, 0.3) is 0 Å². The zero-order chi connectivity index (χ0) is 36.5. The van der Waals surface area contributed by atoms with Gasteiger partial charge in [0, 0.05) is 56.1 Å². The lowest BCUT2D eigenvalue weighted by molar-refractivity contribution is -0.223. The van der Waals surface area contributed by atoms with E-state index >= 15 is 0 Å². The summed E-state index contributed by atoms with van der Waals surface area (Å²) in [5.41, 5.74) is 6.46. The highest BCUT2D eigenvalue weighted by Crippen LogP contribution is 2.62. The van der Waals surface area contributed by atoms with Crippen LogP contribution >= 0.6 is 11.8 Å². The lowest BCUT2D eigenvalue weighted by Gasteiger charge is -2.58. The van der Waals surface area contributed by atoms with Gasteiger partial charge < -0.3 is 29.3 Å². The minimum atomic E-state index is -1.01. The first-order valence-corrected chi connectivity index (χ1v) is 19.7. The van der Waals surface area contributed by atoms with Gasteiger partial charge in [-0.05, 0) is 104 Å². The Bertz CT molecular complexity index is 1720. The van der Waals surface area contributed by atoms with Gasteiger partial charge in [-0.25, -0.2) is 0 Å².